The van der Waals surface area contributed by atoms with E-state index in [4.69, 9.17) is 14.6 Å². The first kappa shape index (κ1) is 29.6. The van der Waals surface area contributed by atoms with Crippen molar-refractivity contribution in [3.63, 3.8) is 0 Å². The molecule has 0 spiro atoms. The van der Waals surface area contributed by atoms with Crippen molar-refractivity contribution in [2.45, 2.75) is 24.2 Å². The molecule has 1 aliphatic heterocycles. The molecule has 224 valence electrons. The summed E-state index contributed by atoms with van der Waals surface area (Å²) in [6, 6.07) is 22.6. The number of rotatable bonds is 11. The van der Waals surface area contributed by atoms with Crippen molar-refractivity contribution in [2.24, 2.45) is 5.10 Å². The topological polar surface area (TPSA) is 111 Å². The van der Waals surface area contributed by atoms with Crippen LogP contribution in [0.5, 0.6) is 11.5 Å². The van der Waals surface area contributed by atoms with Crippen LogP contribution in [0.15, 0.2) is 93.8 Å². The molecule has 0 aliphatic carbocycles. The monoisotopic (exact) mass is 644 g/mol. The maximum Gasteiger partial charge on any atom is 0.261 e. The lowest BCUT2D eigenvalue weighted by atomic mass is 10.0. The van der Waals surface area contributed by atoms with Gasteiger partial charge in [0.15, 0.2) is 11.0 Å². The van der Waals surface area contributed by atoms with Crippen LogP contribution in [0.4, 0.5) is 0 Å². The maximum absolute atomic E-state index is 13.8. The van der Waals surface area contributed by atoms with E-state index in [0.717, 1.165) is 21.9 Å². The third-order valence-electron chi connectivity index (χ3n) is 6.98. The Morgan fingerprint density at radius 2 is 1.75 bits per heavy atom. The predicted octanol–water partition coefficient (Wildman–Crippen LogP) is 5.81. The van der Waals surface area contributed by atoms with Crippen molar-refractivity contribution in [2.75, 3.05) is 20.0 Å². The minimum atomic E-state index is -0.249. The summed E-state index contributed by atoms with van der Waals surface area (Å²) in [4.78, 5) is 28.1. The molecule has 0 bridgehead atoms. The first-order valence-electron chi connectivity index (χ1n) is 13.6. The molecule has 1 N–H and O–H groups in total. The van der Waals surface area contributed by atoms with Crippen molar-refractivity contribution in [3.05, 3.63) is 105 Å². The summed E-state index contributed by atoms with van der Waals surface area (Å²) in [7, 11) is 3.22. The predicted molar refractivity (Wildman–Crippen MR) is 172 cm³/mol. The van der Waals surface area contributed by atoms with Gasteiger partial charge < -0.3 is 14.8 Å². The van der Waals surface area contributed by atoms with E-state index in [0.29, 0.717) is 33.7 Å². The molecule has 0 saturated heterocycles. The van der Waals surface area contributed by atoms with Gasteiger partial charge in [0.1, 0.15) is 11.5 Å². The van der Waals surface area contributed by atoms with Crippen LogP contribution in [0.25, 0.3) is 5.69 Å². The molecule has 13 heteroatoms. The van der Waals surface area contributed by atoms with Gasteiger partial charge >= 0.3 is 0 Å². The summed E-state index contributed by atoms with van der Waals surface area (Å²) in [5.74, 6) is 1.57. The molecule has 0 fully saturated rings. The largest absolute Gasteiger partial charge is 0.497 e. The number of thioether (sulfide) groups is 1. The molecule has 5 aromatic rings. The van der Waals surface area contributed by atoms with Crippen molar-refractivity contribution in [1.29, 1.82) is 0 Å². The summed E-state index contributed by atoms with van der Waals surface area (Å²) in [5, 5.41) is 22.4. The van der Waals surface area contributed by atoms with Crippen molar-refractivity contribution < 1.29 is 19.1 Å². The van der Waals surface area contributed by atoms with E-state index < -0.39 is 0 Å². The number of methoxy groups -OCH3 is 2. The lowest BCUT2D eigenvalue weighted by Crippen LogP contribution is -2.28. The second-order valence-corrected chi connectivity index (χ2v) is 12.4. The highest BCUT2D eigenvalue weighted by atomic mass is 32.2. The molecule has 10 nitrogen and oxygen atoms in total. The van der Waals surface area contributed by atoms with Crippen molar-refractivity contribution >= 4 is 52.0 Å². The molecule has 2 aromatic carbocycles. The molecule has 1 aliphatic rings. The van der Waals surface area contributed by atoms with Gasteiger partial charge in [0.05, 0.1) is 53.7 Å². The fraction of sp³-hybridized carbons (Fsp3) is 0.194. The zero-order valence-corrected chi connectivity index (χ0v) is 26.3. The van der Waals surface area contributed by atoms with Crippen molar-refractivity contribution in [3.8, 4) is 17.2 Å². The minimum Gasteiger partial charge on any atom is -0.497 e. The number of nitrogens with one attached hydrogen (secondary N) is 1. The van der Waals surface area contributed by atoms with E-state index in [1.807, 2.05) is 82.1 Å². The zero-order valence-electron chi connectivity index (χ0n) is 23.9. The highest BCUT2D eigenvalue weighted by molar-refractivity contribution is 7.99. The minimum absolute atomic E-state index is 0.0721. The Labute approximate surface area is 266 Å². The quantitative estimate of drug-likeness (QED) is 0.181. The standard InChI is InChI=1S/C31H28N6O4S3/c1-40-21-13-11-20(12-14-21)24-17-22(26-9-5-15-42-26)35-37(24)29(38)19-44-31-34-33-28(18-32-30(39)27-10-6-16-43-27)36(31)23-7-3-4-8-25(23)41-2/h3-16,24H,17-19H2,1-2H3,(H,32,39)/t24-/m1/s1. The average molecular weight is 645 g/mol. The van der Waals surface area contributed by atoms with Crippen LogP contribution >= 0.6 is 34.4 Å². The number of ether oxygens (including phenoxy) is 2. The Balaban J connectivity index is 1.26. The lowest BCUT2D eigenvalue weighted by molar-refractivity contribution is -0.130. The van der Waals surface area contributed by atoms with Gasteiger partial charge in [-0.2, -0.15) is 5.10 Å². The van der Waals surface area contributed by atoms with Gasteiger partial charge in [0.2, 0.25) is 0 Å². The van der Waals surface area contributed by atoms with Crippen molar-refractivity contribution in [1.82, 2.24) is 25.1 Å². The molecular formula is C31H28N6O4S3. The molecule has 2 amide bonds. The molecule has 44 heavy (non-hydrogen) atoms. The van der Waals surface area contributed by atoms with E-state index in [2.05, 4.69) is 15.5 Å². The third kappa shape index (κ3) is 6.25. The Hall–Kier alpha value is -4.46. The number of para-hydroxylation sites is 2. The number of hydrazone groups is 1. The van der Waals surface area contributed by atoms with E-state index >= 15 is 0 Å². The summed E-state index contributed by atoms with van der Waals surface area (Å²) in [6.07, 6.45) is 0.606. The number of carbonyl (C=O) groups is 2. The molecule has 0 unspecified atom stereocenters. The highest BCUT2D eigenvalue weighted by Crippen LogP contribution is 2.36. The normalized spacial score (nSPS) is 14.4. The Morgan fingerprint density at radius 1 is 0.955 bits per heavy atom. The number of nitrogens with zero attached hydrogens (tertiary/aromatic N) is 5. The Kier molecular flexibility index (Phi) is 9.05. The first-order valence-corrected chi connectivity index (χ1v) is 16.4. The zero-order chi connectivity index (χ0) is 30.5. The number of amides is 2. The molecule has 6 rings (SSSR count). The number of carbonyl (C=O) groups excluding carboxylic acids is 2. The van der Waals surface area contributed by atoms with Gasteiger partial charge in [-0.3, -0.25) is 14.2 Å². The van der Waals surface area contributed by atoms with Gasteiger partial charge in [-0.25, -0.2) is 5.01 Å². The fourth-order valence-corrected chi connectivity index (χ4v) is 7.01. The van der Waals surface area contributed by atoms with Gasteiger partial charge in [0.25, 0.3) is 11.8 Å². The van der Waals surface area contributed by atoms with Crippen LogP contribution in [-0.4, -0.2) is 57.3 Å². The Morgan fingerprint density at radius 3 is 2.48 bits per heavy atom. The fourth-order valence-electron chi connectivity index (χ4n) is 4.83. The van der Waals surface area contributed by atoms with Gasteiger partial charge in [-0.1, -0.05) is 48.2 Å². The summed E-state index contributed by atoms with van der Waals surface area (Å²) < 4.78 is 12.8. The SMILES string of the molecule is COc1ccc([C@H]2CC(c3cccs3)=NN2C(=O)CSc2nnc(CNC(=O)c3cccs3)n2-c2ccccc2OC)cc1. The van der Waals surface area contributed by atoms with Crippen LogP contribution < -0.4 is 14.8 Å². The summed E-state index contributed by atoms with van der Waals surface area (Å²) in [5.41, 5.74) is 2.55. The van der Waals surface area contributed by atoms with Gasteiger partial charge in [0, 0.05) is 6.42 Å². The maximum atomic E-state index is 13.8. The molecule has 4 heterocycles. The average Bonchev–Trinajstić information content (AvgIpc) is 3.89. The number of benzene rings is 2. The lowest BCUT2D eigenvalue weighted by Gasteiger charge is -2.22. The number of thiophene rings is 2. The number of hydrogen-bond acceptors (Lipinski definition) is 10. The molecule has 1 atom stereocenters. The second-order valence-electron chi connectivity index (χ2n) is 9.61. The second kappa shape index (κ2) is 13.5. The molecule has 3 aromatic heterocycles. The third-order valence-corrected chi connectivity index (χ3v) is 9.68. The molecule has 0 saturated carbocycles. The van der Waals surface area contributed by atoms with Crippen LogP contribution in [0.3, 0.4) is 0 Å². The summed E-state index contributed by atoms with van der Waals surface area (Å²) >= 11 is 4.22. The van der Waals surface area contributed by atoms with Crippen LogP contribution in [0.2, 0.25) is 0 Å². The van der Waals surface area contributed by atoms with Gasteiger partial charge in [-0.05, 0) is 52.7 Å². The Bertz CT molecular complexity index is 1770. The number of hydrogen-bond donors (Lipinski definition) is 1. The van der Waals surface area contributed by atoms with Crippen LogP contribution in [0.1, 0.15) is 38.4 Å². The molecule has 0 radical (unpaired) electrons. The highest BCUT2D eigenvalue weighted by Gasteiger charge is 2.34. The van der Waals surface area contributed by atoms with Gasteiger partial charge in [-0.15, -0.1) is 32.9 Å². The van der Waals surface area contributed by atoms with E-state index in [1.54, 1.807) is 36.6 Å². The van der Waals surface area contributed by atoms with E-state index in [1.165, 1.54) is 23.1 Å². The summed E-state index contributed by atoms with van der Waals surface area (Å²) in [6.45, 7) is 0.135. The number of aromatic nitrogens is 3. The van der Waals surface area contributed by atoms with Crippen LogP contribution in [0, 0.1) is 0 Å². The van der Waals surface area contributed by atoms with E-state index in [-0.39, 0.29) is 30.2 Å². The first-order chi connectivity index (χ1) is 21.6. The van der Waals surface area contributed by atoms with Crippen LogP contribution in [-0.2, 0) is 11.3 Å². The molecular weight excluding hydrogens is 617 g/mol. The smallest absolute Gasteiger partial charge is 0.261 e. The van der Waals surface area contributed by atoms with E-state index in [9.17, 15) is 9.59 Å².